The van der Waals surface area contributed by atoms with Crippen molar-refractivity contribution in [2.24, 2.45) is 15.9 Å². The summed E-state index contributed by atoms with van der Waals surface area (Å²) in [6.45, 7) is 0. The van der Waals surface area contributed by atoms with Gasteiger partial charge in [-0.1, -0.05) is 12.1 Å². The maximum absolute atomic E-state index is 11.7. The summed E-state index contributed by atoms with van der Waals surface area (Å²) in [4.78, 5) is 52.7. The highest BCUT2D eigenvalue weighted by atomic mass is 16.6. The minimum absolute atomic E-state index is 0.171. The lowest BCUT2D eigenvalue weighted by molar-refractivity contribution is -0.402. The third-order valence-corrected chi connectivity index (χ3v) is 3.41. The van der Waals surface area contributed by atoms with E-state index in [-0.39, 0.29) is 5.76 Å². The van der Waals surface area contributed by atoms with E-state index in [9.17, 15) is 24.5 Å². The van der Waals surface area contributed by atoms with Gasteiger partial charge >= 0.3 is 11.9 Å². The number of hydrogen-bond donors (Lipinski definition) is 2. The van der Waals surface area contributed by atoms with Gasteiger partial charge in [0.15, 0.2) is 11.7 Å². The molecule has 1 aromatic heterocycles. The van der Waals surface area contributed by atoms with Crippen LogP contribution in [0.5, 0.6) is 0 Å². The zero-order chi connectivity index (χ0) is 19.4. The Morgan fingerprint density at radius 2 is 1.63 bits per heavy atom. The second-order valence-corrected chi connectivity index (χ2v) is 5.24. The van der Waals surface area contributed by atoms with E-state index < -0.39 is 34.6 Å². The number of nitrogens with one attached hydrogen (secondary N) is 2. The van der Waals surface area contributed by atoms with Crippen LogP contribution in [0.3, 0.4) is 0 Å². The summed E-state index contributed by atoms with van der Waals surface area (Å²) in [6, 6.07) is 8.28. The topological polar surface area (TPSA) is 156 Å². The van der Waals surface area contributed by atoms with Gasteiger partial charge in [0.2, 0.25) is 11.8 Å². The van der Waals surface area contributed by atoms with Crippen LogP contribution in [0.4, 0.5) is 22.1 Å². The third kappa shape index (κ3) is 4.10. The Labute approximate surface area is 150 Å². The molecule has 0 spiro atoms. The minimum Gasteiger partial charge on any atom is -0.400 e. The van der Waals surface area contributed by atoms with Crippen molar-refractivity contribution >= 4 is 47.5 Å². The Morgan fingerprint density at radius 3 is 2.22 bits per heavy atom. The van der Waals surface area contributed by atoms with Crippen LogP contribution in [0.15, 0.2) is 50.8 Å². The lowest BCUT2D eigenvalue weighted by Crippen LogP contribution is -2.56. The summed E-state index contributed by atoms with van der Waals surface area (Å²) in [7, 11) is 0. The van der Waals surface area contributed by atoms with E-state index in [1.54, 1.807) is 24.3 Å². The van der Waals surface area contributed by atoms with Crippen molar-refractivity contribution < 1.29 is 23.7 Å². The number of rotatable bonds is 5. The van der Waals surface area contributed by atoms with E-state index in [1.165, 1.54) is 18.3 Å². The molecule has 3 rings (SSSR count). The van der Waals surface area contributed by atoms with Gasteiger partial charge in [-0.15, -0.1) is 0 Å². The monoisotopic (exact) mass is 369 g/mol. The molecular formula is C16H11N5O6. The van der Waals surface area contributed by atoms with Crippen LogP contribution >= 0.6 is 0 Å². The molecule has 1 fully saturated rings. The number of carbonyl (C=O) groups excluding carboxylic acids is 3. The summed E-state index contributed by atoms with van der Waals surface area (Å²) in [6.07, 6.45) is 2.38. The number of nitro groups is 1. The maximum atomic E-state index is 11.7. The number of amides is 4. The summed E-state index contributed by atoms with van der Waals surface area (Å²) in [5.74, 6) is -3.06. The second-order valence-electron chi connectivity index (χ2n) is 5.24. The molecule has 0 radical (unpaired) electrons. The Morgan fingerprint density at radius 1 is 1.00 bits per heavy atom. The molecule has 136 valence electrons. The molecule has 0 unspecified atom stereocenters. The highest BCUT2D eigenvalue weighted by Crippen LogP contribution is 2.27. The van der Waals surface area contributed by atoms with Gasteiger partial charge in [0.25, 0.3) is 0 Å². The van der Waals surface area contributed by atoms with Crippen LogP contribution in [-0.4, -0.2) is 35.2 Å². The van der Waals surface area contributed by atoms with Crippen LogP contribution in [0.25, 0.3) is 0 Å². The van der Waals surface area contributed by atoms with Crippen molar-refractivity contribution in [3.05, 3.63) is 52.3 Å². The van der Waals surface area contributed by atoms with Crippen molar-refractivity contribution in [3.8, 4) is 0 Å². The number of furan rings is 1. The van der Waals surface area contributed by atoms with Crippen molar-refractivity contribution in [1.29, 1.82) is 0 Å². The van der Waals surface area contributed by atoms with Gasteiger partial charge in [-0.3, -0.25) is 40.3 Å². The normalized spacial score (nSPS) is 15.3. The average Bonchev–Trinajstić information content (AvgIpc) is 3.09. The first kappa shape index (κ1) is 17.7. The molecule has 0 bridgehead atoms. The van der Waals surface area contributed by atoms with Gasteiger partial charge in [0, 0.05) is 6.21 Å². The fourth-order valence-corrected chi connectivity index (χ4v) is 2.15. The van der Waals surface area contributed by atoms with Crippen LogP contribution in [0.1, 0.15) is 5.76 Å². The number of barbiturate groups is 1. The molecular weight excluding hydrogens is 358 g/mol. The maximum Gasteiger partial charge on any atom is 0.433 e. The van der Waals surface area contributed by atoms with Gasteiger partial charge in [-0.2, -0.15) is 0 Å². The average molecular weight is 369 g/mol. The Bertz CT molecular complexity index is 973. The van der Waals surface area contributed by atoms with E-state index in [0.29, 0.717) is 11.4 Å². The number of para-hydroxylation sites is 2. The molecule has 1 saturated heterocycles. The SMILES string of the molecule is O=C1NC(=O)C(C=Nc2ccccc2N=Cc2ccc([N+](=O)[O-])o2)C(=O)N1. The van der Waals surface area contributed by atoms with Crippen LogP contribution in [0.2, 0.25) is 0 Å². The lowest BCUT2D eigenvalue weighted by Gasteiger charge is -2.17. The molecule has 2 aromatic rings. The van der Waals surface area contributed by atoms with E-state index >= 15 is 0 Å². The summed E-state index contributed by atoms with van der Waals surface area (Å²) in [5.41, 5.74) is 0.716. The van der Waals surface area contributed by atoms with Crippen molar-refractivity contribution in [3.63, 3.8) is 0 Å². The molecule has 2 heterocycles. The molecule has 1 aliphatic rings. The number of hydrogen-bond acceptors (Lipinski definition) is 8. The number of aliphatic imine (C=N–C) groups is 2. The number of imide groups is 2. The standard InChI is InChI=1S/C16H11N5O6/c22-14-10(15(23)20-16(24)19-14)8-18-12-4-2-1-3-11(12)17-7-9-5-6-13(27-9)21(25)26/h1-8,10H,(H2,19,20,22,23,24). The number of urea groups is 1. The minimum atomic E-state index is -1.26. The van der Waals surface area contributed by atoms with Crippen LogP contribution < -0.4 is 10.6 Å². The smallest absolute Gasteiger partial charge is 0.400 e. The Balaban J connectivity index is 1.80. The fraction of sp³-hybridized carbons (Fsp3) is 0.0625. The molecule has 1 aromatic carbocycles. The van der Waals surface area contributed by atoms with Gasteiger partial charge in [-0.25, -0.2) is 4.79 Å². The van der Waals surface area contributed by atoms with Crippen LogP contribution in [-0.2, 0) is 9.59 Å². The zero-order valence-electron chi connectivity index (χ0n) is 13.5. The first-order chi connectivity index (χ1) is 12.9. The number of carbonyl (C=O) groups is 3. The predicted octanol–water partition coefficient (Wildman–Crippen LogP) is 1.62. The van der Waals surface area contributed by atoms with Gasteiger partial charge < -0.3 is 4.42 Å². The Hall–Kier alpha value is -4.15. The van der Waals surface area contributed by atoms with Gasteiger partial charge in [0.1, 0.15) is 4.92 Å². The number of benzene rings is 1. The third-order valence-electron chi connectivity index (χ3n) is 3.41. The summed E-state index contributed by atoms with van der Waals surface area (Å²) in [5, 5.41) is 14.6. The molecule has 1 aliphatic heterocycles. The van der Waals surface area contributed by atoms with E-state index in [4.69, 9.17) is 4.42 Å². The van der Waals surface area contributed by atoms with Gasteiger partial charge in [-0.05, 0) is 18.2 Å². The van der Waals surface area contributed by atoms with E-state index in [1.807, 2.05) is 10.6 Å². The number of nitrogens with zero attached hydrogens (tertiary/aromatic N) is 3. The molecule has 0 atom stereocenters. The molecule has 4 amide bonds. The van der Waals surface area contributed by atoms with Crippen LogP contribution in [0, 0.1) is 16.0 Å². The summed E-state index contributed by atoms with van der Waals surface area (Å²) >= 11 is 0. The molecule has 2 N–H and O–H groups in total. The quantitative estimate of drug-likeness (QED) is 0.353. The Kier molecular flexibility index (Phi) is 4.84. The molecule has 0 aliphatic carbocycles. The zero-order valence-corrected chi connectivity index (χ0v) is 13.5. The van der Waals surface area contributed by atoms with Crippen molar-refractivity contribution in [2.45, 2.75) is 0 Å². The highest BCUT2D eigenvalue weighted by molar-refractivity contribution is 6.23. The molecule has 11 heteroatoms. The fourth-order valence-electron chi connectivity index (χ4n) is 2.15. The molecule has 0 saturated carbocycles. The molecule has 11 nitrogen and oxygen atoms in total. The largest absolute Gasteiger partial charge is 0.433 e. The van der Waals surface area contributed by atoms with Gasteiger partial charge in [0.05, 0.1) is 23.7 Å². The van der Waals surface area contributed by atoms with Crippen molar-refractivity contribution in [2.75, 3.05) is 0 Å². The van der Waals surface area contributed by atoms with E-state index in [2.05, 4.69) is 9.98 Å². The highest BCUT2D eigenvalue weighted by Gasteiger charge is 2.32. The summed E-state index contributed by atoms with van der Waals surface area (Å²) < 4.78 is 4.98. The molecule has 27 heavy (non-hydrogen) atoms. The van der Waals surface area contributed by atoms with E-state index in [0.717, 1.165) is 6.21 Å². The predicted molar refractivity (Wildman–Crippen MR) is 92.4 cm³/mol. The first-order valence-corrected chi connectivity index (χ1v) is 7.51. The lowest BCUT2D eigenvalue weighted by atomic mass is 10.1. The first-order valence-electron chi connectivity index (χ1n) is 7.51. The van der Waals surface area contributed by atoms with Crippen molar-refractivity contribution in [1.82, 2.24) is 10.6 Å². The second kappa shape index (κ2) is 7.39.